The second-order valence-corrected chi connectivity index (χ2v) is 6.95. The number of benzene rings is 2. The van der Waals surface area contributed by atoms with Crippen molar-refractivity contribution in [3.63, 3.8) is 0 Å². The summed E-state index contributed by atoms with van der Waals surface area (Å²) in [5.74, 6) is 0.848. The fourth-order valence-corrected chi connectivity index (χ4v) is 3.50. The van der Waals surface area contributed by atoms with Crippen molar-refractivity contribution >= 4 is 16.8 Å². The monoisotopic (exact) mass is 334 g/mol. The molecule has 0 radical (unpaired) electrons. The Morgan fingerprint density at radius 3 is 2.80 bits per heavy atom. The van der Waals surface area contributed by atoms with Gasteiger partial charge in [-0.3, -0.25) is 4.79 Å². The Labute approximate surface area is 147 Å². The van der Waals surface area contributed by atoms with Crippen LogP contribution >= 0.6 is 0 Å². The first-order chi connectivity index (χ1) is 12.1. The standard InChI is InChI=1S/C21H22N2O2/c1-14-4-3-5-15(10-14)20(24)23-13-21(8-9-21)18-12-22-19-7-6-16(25-2)11-17(18)19/h3-7,10-12,22H,8-9,13H2,1-2H3,(H,23,24). The van der Waals surface area contributed by atoms with Crippen LogP contribution < -0.4 is 10.1 Å². The molecule has 4 heteroatoms. The number of ether oxygens (including phenoxy) is 1. The third-order valence-corrected chi connectivity index (χ3v) is 5.18. The normalized spacial score (nSPS) is 15.1. The molecule has 1 aliphatic carbocycles. The van der Waals surface area contributed by atoms with Crippen molar-refractivity contribution in [3.05, 3.63) is 65.4 Å². The Morgan fingerprint density at radius 2 is 2.08 bits per heavy atom. The molecular formula is C21H22N2O2. The van der Waals surface area contributed by atoms with Gasteiger partial charge in [-0.1, -0.05) is 17.7 Å². The number of methoxy groups -OCH3 is 1. The summed E-state index contributed by atoms with van der Waals surface area (Å²) in [6.07, 6.45) is 4.26. The van der Waals surface area contributed by atoms with Crippen molar-refractivity contribution in [3.8, 4) is 5.75 Å². The molecule has 3 aromatic rings. The Kier molecular flexibility index (Phi) is 3.75. The minimum absolute atomic E-state index is 0.00704. The molecule has 0 aliphatic heterocycles. The first-order valence-electron chi connectivity index (χ1n) is 8.62. The van der Waals surface area contributed by atoms with Gasteiger partial charge in [-0.2, -0.15) is 0 Å². The first kappa shape index (κ1) is 15.8. The average Bonchev–Trinajstić information content (AvgIpc) is 3.30. The van der Waals surface area contributed by atoms with Gasteiger partial charge in [0, 0.05) is 34.6 Å². The molecule has 0 atom stereocenters. The maximum absolute atomic E-state index is 12.5. The number of amides is 1. The van der Waals surface area contributed by atoms with Crippen LogP contribution in [0, 0.1) is 6.92 Å². The van der Waals surface area contributed by atoms with Gasteiger partial charge in [-0.15, -0.1) is 0 Å². The highest BCUT2D eigenvalue weighted by Gasteiger charge is 2.45. The highest BCUT2D eigenvalue weighted by Crippen LogP contribution is 2.50. The number of nitrogens with one attached hydrogen (secondary N) is 2. The van der Waals surface area contributed by atoms with Gasteiger partial charge in [-0.25, -0.2) is 0 Å². The van der Waals surface area contributed by atoms with Crippen LogP contribution in [-0.2, 0) is 5.41 Å². The molecule has 1 aromatic heterocycles. The van der Waals surface area contributed by atoms with E-state index in [9.17, 15) is 4.79 Å². The van der Waals surface area contributed by atoms with E-state index in [0.717, 1.165) is 35.2 Å². The summed E-state index contributed by atoms with van der Waals surface area (Å²) in [6.45, 7) is 2.66. The molecule has 0 spiro atoms. The number of carbonyl (C=O) groups excluding carboxylic acids is 1. The molecule has 1 heterocycles. The van der Waals surface area contributed by atoms with E-state index >= 15 is 0 Å². The first-order valence-corrected chi connectivity index (χ1v) is 8.62. The van der Waals surface area contributed by atoms with Crippen molar-refractivity contribution in [2.75, 3.05) is 13.7 Å². The van der Waals surface area contributed by atoms with Crippen molar-refractivity contribution in [1.82, 2.24) is 10.3 Å². The minimum Gasteiger partial charge on any atom is -0.497 e. The van der Waals surface area contributed by atoms with Crippen LogP contribution in [0.2, 0.25) is 0 Å². The molecule has 1 fully saturated rings. The molecule has 1 amide bonds. The van der Waals surface area contributed by atoms with E-state index in [-0.39, 0.29) is 11.3 Å². The topological polar surface area (TPSA) is 54.1 Å². The van der Waals surface area contributed by atoms with Gasteiger partial charge < -0.3 is 15.0 Å². The molecule has 0 bridgehead atoms. The maximum atomic E-state index is 12.5. The van der Waals surface area contributed by atoms with E-state index in [1.165, 1.54) is 10.9 Å². The quantitative estimate of drug-likeness (QED) is 0.742. The van der Waals surface area contributed by atoms with Crippen LogP contribution in [0.5, 0.6) is 5.75 Å². The Morgan fingerprint density at radius 1 is 1.24 bits per heavy atom. The summed E-state index contributed by atoms with van der Waals surface area (Å²) in [5.41, 5.74) is 4.22. The van der Waals surface area contributed by atoms with Gasteiger partial charge in [0.25, 0.3) is 5.91 Å². The summed E-state index contributed by atoms with van der Waals surface area (Å²) in [7, 11) is 1.68. The predicted molar refractivity (Wildman–Crippen MR) is 99.3 cm³/mol. The van der Waals surface area contributed by atoms with Crippen molar-refractivity contribution in [2.45, 2.75) is 25.2 Å². The average molecular weight is 334 g/mol. The Hall–Kier alpha value is -2.75. The summed E-state index contributed by atoms with van der Waals surface area (Å²) in [6, 6.07) is 13.8. The van der Waals surface area contributed by atoms with E-state index in [2.05, 4.69) is 22.6 Å². The minimum atomic E-state index is -0.00704. The van der Waals surface area contributed by atoms with E-state index in [1.807, 2.05) is 43.3 Å². The second kappa shape index (κ2) is 5.96. The number of H-pyrrole nitrogens is 1. The zero-order chi connectivity index (χ0) is 17.4. The fraction of sp³-hybridized carbons (Fsp3) is 0.286. The predicted octanol–water partition coefficient (Wildman–Crippen LogP) is 3.95. The van der Waals surface area contributed by atoms with Crippen LogP contribution in [0.15, 0.2) is 48.7 Å². The summed E-state index contributed by atoms with van der Waals surface area (Å²) >= 11 is 0. The van der Waals surface area contributed by atoms with Crippen molar-refractivity contribution < 1.29 is 9.53 Å². The number of rotatable bonds is 5. The van der Waals surface area contributed by atoms with Crippen LogP contribution in [0.25, 0.3) is 10.9 Å². The molecule has 1 saturated carbocycles. The third kappa shape index (κ3) is 2.88. The number of fused-ring (bicyclic) bond motifs is 1. The zero-order valence-corrected chi connectivity index (χ0v) is 14.6. The second-order valence-electron chi connectivity index (χ2n) is 6.95. The summed E-state index contributed by atoms with van der Waals surface area (Å²) < 4.78 is 5.36. The molecule has 1 aliphatic rings. The van der Waals surface area contributed by atoms with E-state index < -0.39 is 0 Å². The van der Waals surface area contributed by atoms with Crippen LogP contribution in [0.3, 0.4) is 0 Å². The molecule has 2 aromatic carbocycles. The zero-order valence-electron chi connectivity index (χ0n) is 14.6. The van der Waals surface area contributed by atoms with E-state index in [0.29, 0.717) is 6.54 Å². The lowest BCUT2D eigenvalue weighted by molar-refractivity contribution is 0.0949. The SMILES string of the molecule is COc1ccc2[nH]cc(C3(CNC(=O)c4cccc(C)c4)CC3)c2c1. The fourth-order valence-electron chi connectivity index (χ4n) is 3.50. The maximum Gasteiger partial charge on any atom is 0.251 e. The smallest absolute Gasteiger partial charge is 0.251 e. The molecule has 0 unspecified atom stereocenters. The van der Waals surface area contributed by atoms with Crippen LogP contribution in [0.4, 0.5) is 0 Å². The van der Waals surface area contributed by atoms with Gasteiger partial charge in [0.2, 0.25) is 0 Å². The van der Waals surface area contributed by atoms with Crippen LogP contribution in [0.1, 0.15) is 34.3 Å². The Balaban J connectivity index is 1.56. The van der Waals surface area contributed by atoms with Gasteiger partial charge in [0.1, 0.15) is 5.75 Å². The number of aryl methyl sites for hydroxylation is 1. The number of aromatic nitrogens is 1. The lowest BCUT2D eigenvalue weighted by atomic mass is 9.95. The van der Waals surface area contributed by atoms with E-state index in [4.69, 9.17) is 4.74 Å². The third-order valence-electron chi connectivity index (χ3n) is 5.18. The molecule has 2 N–H and O–H groups in total. The number of hydrogen-bond donors (Lipinski definition) is 2. The lowest BCUT2D eigenvalue weighted by Gasteiger charge is -2.16. The molecule has 4 nitrogen and oxygen atoms in total. The largest absolute Gasteiger partial charge is 0.497 e. The van der Waals surface area contributed by atoms with Gasteiger partial charge in [0.15, 0.2) is 0 Å². The summed E-state index contributed by atoms with van der Waals surface area (Å²) in [4.78, 5) is 15.8. The van der Waals surface area contributed by atoms with Crippen LogP contribution in [-0.4, -0.2) is 24.5 Å². The highest BCUT2D eigenvalue weighted by molar-refractivity contribution is 5.94. The van der Waals surface area contributed by atoms with Crippen molar-refractivity contribution in [1.29, 1.82) is 0 Å². The number of hydrogen-bond acceptors (Lipinski definition) is 2. The number of carbonyl (C=O) groups is 1. The van der Waals surface area contributed by atoms with Gasteiger partial charge >= 0.3 is 0 Å². The van der Waals surface area contributed by atoms with E-state index in [1.54, 1.807) is 7.11 Å². The molecule has 0 saturated heterocycles. The Bertz CT molecular complexity index is 938. The number of aromatic amines is 1. The lowest BCUT2D eigenvalue weighted by Crippen LogP contribution is -2.32. The van der Waals surface area contributed by atoms with Gasteiger partial charge in [0.05, 0.1) is 7.11 Å². The molecule has 4 rings (SSSR count). The molecule has 128 valence electrons. The molecular weight excluding hydrogens is 312 g/mol. The molecule has 25 heavy (non-hydrogen) atoms. The summed E-state index contributed by atoms with van der Waals surface area (Å²) in [5, 5.41) is 4.31. The highest BCUT2D eigenvalue weighted by atomic mass is 16.5. The van der Waals surface area contributed by atoms with Gasteiger partial charge in [-0.05, 0) is 55.7 Å². The van der Waals surface area contributed by atoms with Crippen molar-refractivity contribution in [2.24, 2.45) is 0 Å².